The molecule has 1 radical (unpaired) electrons. The number of pyridine rings is 1. The van der Waals surface area contributed by atoms with Crippen molar-refractivity contribution >= 4 is 22.1 Å². The number of hydrogen-bond donors (Lipinski definition) is 0. The average molecular weight is 646 g/mol. The molecule has 9 heteroatoms. The number of rotatable bonds is 4. The standard InChI is InChI=1S/C25H25N5.3ClH.Nd/c1-16(2)29-22-14-7-5-10-18(22)27-24(29)20-12-9-13-21(26-20)25-28-19-11-6-8-15-23(19)30(25)17(3)4;;;;/h5-17H,1-4H3;3*1H;/q;;;;+3/p-3. The molecule has 0 unspecified atom stereocenters. The topological polar surface area (TPSA) is 48.5 Å². The molecule has 0 saturated carbocycles. The number of para-hydroxylation sites is 4. The second-order valence-corrected chi connectivity index (χ2v) is 8.18. The van der Waals surface area contributed by atoms with Crippen molar-refractivity contribution < 1.29 is 78.1 Å². The molecule has 0 aliphatic heterocycles. The largest absolute Gasteiger partial charge is 3.00 e. The summed E-state index contributed by atoms with van der Waals surface area (Å²) in [5, 5.41) is 0. The first-order valence-electron chi connectivity index (χ1n) is 10.5. The zero-order valence-corrected chi connectivity index (χ0v) is 24.9. The molecule has 34 heavy (non-hydrogen) atoms. The van der Waals surface area contributed by atoms with Crippen molar-refractivity contribution in [3.8, 4) is 23.0 Å². The molecule has 5 aromatic rings. The Morgan fingerprint density at radius 3 is 1.29 bits per heavy atom. The van der Waals surface area contributed by atoms with E-state index in [2.05, 4.69) is 73.2 Å². The van der Waals surface area contributed by atoms with E-state index >= 15 is 0 Å². The van der Waals surface area contributed by atoms with E-state index in [-0.39, 0.29) is 90.1 Å². The third kappa shape index (κ3) is 5.44. The average Bonchev–Trinajstić information content (AvgIpc) is 3.33. The fourth-order valence-corrected chi connectivity index (χ4v) is 4.18. The maximum Gasteiger partial charge on any atom is 3.00 e. The molecule has 5 rings (SSSR count). The second-order valence-electron chi connectivity index (χ2n) is 8.18. The summed E-state index contributed by atoms with van der Waals surface area (Å²) >= 11 is 0. The number of aromatic nitrogens is 5. The zero-order valence-electron chi connectivity index (χ0n) is 19.4. The number of halogens is 3. The smallest absolute Gasteiger partial charge is 1.00 e. The number of benzene rings is 2. The Labute approximate surface area is 251 Å². The van der Waals surface area contributed by atoms with E-state index in [1.165, 1.54) is 0 Å². The molecule has 0 spiro atoms. The molecular weight excluding hydrogens is 621 g/mol. The molecule has 3 heterocycles. The molecule has 0 N–H and O–H groups in total. The molecule has 0 amide bonds. The van der Waals surface area contributed by atoms with Crippen molar-refractivity contribution in [3.63, 3.8) is 0 Å². The Balaban J connectivity index is 0.00000144. The van der Waals surface area contributed by atoms with Gasteiger partial charge in [-0.2, -0.15) is 0 Å². The fourth-order valence-electron chi connectivity index (χ4n) is 4.18. The van der Waals surface area contributed by atoms with Crippen molar-refractivity contribution in [3.05, 3.63) is 66.7 Å². The Morgan fingerprint density at radius 1 is 0.529 bits per heavy atom. The summed E-state index contributed by atoms with van der Waals surface area (Å²) in [6.45, 7) is 8.72. The van der Waals surface area contributed by atoms with Crippen molar-refractivity contribution in [2.75, 3.05) is 0 Å². The van der Waals surface area contributed by atoms with Crippen LogP contribution in [0.4, 0.5) is 0 Å². The summed E-state index contributed by atoms with van der Waals surface area (Å²) < 4.78 is 4.51. The van der Waals surface area contributed by atoms with Crippen LogP contribution in [-0.2, 0) is 0 Å². The van der Waals surface area contributed by atoms with Crippen LogP contribution in [0.5, 0.6) is 0 Å². The van der Waals surface area contributed by atoms with Crippen molar-refractivity contribution in [2.45, 2.75) is 39.8 Å². The van der Waals surface area contributed by atoms with Gasteiger partial charge in [0.05, 0.1) is 22.1 Å². The summed E-state index contributed by atoms with van der Waals surface area (Å²) in [5.74, 6) is 1.78. The molecule has 0 atom stereocenters. The van der Waals surface area contributed by atoms with E-state index in [0.29, 0.717) is 0 Å². The first kappa shape index (κ1) is 30.8. The van der Waals surface area contributed by atoms with E-state index in [1.807, 2.05) is 30.3 Å². The molecule has 0 aliphatic carbocycles. The minimum absolute atomic E-state index is 0. The number of fused-ring (bicyclic) bond motifs is 2. The Bertz CT molecular complexity index is 1280. The molecule has 3 aromatic heterocycles. The van der Waals surface area contributed by atoms with Crippen molar-refractivity contribution in [1.82, 2.24) is 24.1 Å². The molecule has 5 nitrogen and oxygen atoms in total. The summed E-state index contributed by atoms with van der Waals surface area (Å²) in [5.41, 5.74) is 5.96. The van der Waals surface area contributed by atoms with E-state index in [1.54, 1.807) is 0 Å². The van der Waals surface area contributed by atoms with Gasteiger partial charge in [-0.1, -0.05) is 30.3 Å². The van der Waals surface area contributed by atoms with Gasteiger partial charge in [-0.3, -0.25) is 0 Å². The van der Waals surface area contributed by atoms with E-state index in [9.17, 15) is 0 Å². The summed E-state index contributed by atoms with van der Waals surface area (Å²) in [4.78, 5) is 14.8. The van der Waals surface area contributed by atoms with Gasteiger partial charge in [0.25, 0.3) is 0 Å². The van der Waals surface area contributed by atoms with Gasteiger partial charge in [-0.15, -0.1) is 0 Å². The Kier molecular flexibility index (Phi) is 11.4. The molecule has 2 aromatic carbocycles. The Morgan fingerprint density at radius 2 is 0.912 bits per heavy atom. The van der Waals surface area contributed by atoms with Crippen LogP contribution in [0.15, 0.2) is 66.7 Å². The van der Waals surface area contributed by atoms with Gasteiger partial charge in [0.15, 0.2) is 11.6 Å². The van der Waals surface area contributed by atoms with E-state index < -0.39 is 0 Å². The quantitative estimate of drug-likeness (QED) is 0.214. The van der Waals surface area contributed by atoms with Crippen molar-refractivity contribution in [2.24, 2.45) is 0 Å². The third-order valence-electron chi connectivity index (χ3n) is 5.43. The second kappa shape index (κ2) is 12.6. The third-order valence-corrected chi connectivity index (χ3v) is 5.43. The van der Waals surface area contributed by atoms with Gasteiger partial charge in [0.2, 0.25) is 0 Å². The molecule has 0 saturated heterocycles. The fraction of sp³-hybridized carbons (Fsp3) is 0.240. The monoisotopic (exact) mass is 642 g/mol. The maximum atomic E-state index is 5.02. The Hall–Kier alpha value is -1.25. The van der Waals surface area contributed by atoms with Crippen LogP contribution < -0.4 is 37.2 Å². The van der Waals surface area contributed by atoms with Crippen molar-refractivity contribution in [1.29, 1.82) is 0 Å². The van der Waals surface area contributed by atoms with Crippen LogP contribution in [-0.4, -0.2) is 24.1 Å². The van der Waals surface area contributed by atoms with E-state index in [0.717, 1.165) is 45.1 Å². The van der Waals surface area contributed by atoms with Gasteiger partial charge in [0, 0.05) is 12.1 Å². The van der Waals surface area contributed by atoms with Crippen LogP contribution >= 0.6 is 0 Å². The van der Waals surface area contributed by atoms with Crippen LogP contribution in [0, 0.1) is 40.8 Å². The molecular formula is C25H25Cl3N5Nd. The first-order chi connectivity index (χ1) is 14.5. The minimum atomic E-state index is 0. The summed E-state index contributed by atoms with van der Waals surface area (Å²) in [6, 6.07) is 23.2. The van der Waals surface area contributed by atoms with Gasteiger partial charge in [0.1, 0.15) is 11.4 Å². The zero-order chi connectivity index (χ0) is 20.8. The van der Waals surface area contributed by atoms with Crippen LogP contribution in [0.1, 0.15) is 39.8 Å². The SMILES string of the molecule is CC(C)n1c(-c2cccc(-c3nc4ccccc4n3C(C)C)n2)nc2ccccc21.[Cl-].[Cl-].[Cl-].[Nd+3]. The summed E-state index contributed by atoms with van der Waals surface area (Å²) in [6.07, 6.45) is 0. The summed E-state index contributed by atoms with van der Waals surface area (Å²) in [7, 11) is 0. The van der Waals surface area contributed by atoms with Gasteiger partial charge in [-0.25, -0.2) is 15.0 Å². The van der Waals surface area contributed by atoms with Crippen LogP contribution in [0.2, 0.25) is 0 Å². The van der Waals surface area contributed by atoms with Crippen LogP contribution in [0.25, 0.3) is 45.1 Å². The number of nitrogens with zero attached hydrogens (tertiary/aromatic N) is 5. The predicted octanol–water partition coefficient (Wildman–Crippen LogP) is -2.71. The van der Waals surface area contributed by atoms with Gasteiger partial charge < -0.3 is 46.4 Å². The van der Waals surface area contributed by atoms with Gasteiger partial charge in [-0.05, 0) is 64.1 Å². The first-order valence-corrected chi connectivity index (χ1v) is 10.5. The molecule has 0 fully saturated rings. The van der Waals surface area contributed by atoms with E-state index in [4.69, 9.17) is 15.0 Å². The van der Waals surface area contributed by atoms with Crippen LogP contribution in [0.3, 0.4) is 0 Å². The number of hydrogen-bond acceptors (Lipinski definition) is 3. The normalized spacial score (nSPS) is 10.5. The molecule has 175 valence electrons. The predicted molar refractivity (Wildman–Crippen MR) is 122 cm³/mol. The number of imidazole rings is 2. The molecule has 0 bridgehead atoms. The van der Waals surface area contributed by atoms with Gasteiger partial charge >= 0.3 is 40.8 Å². The maximum absolute atomic E-state index is 5.02. The minimum Gasteiger partial charge on any atom is -1.00 e. The molecule has 0 aliphatic rings.